The van der Waals surface area contributed by atoms with Gasteiger partial charge in [-0.3, -0.25) is 4.68 Å². The van der Waals surface area contributed by atoms with Crippen LogP contribution >= 0.6 is 15.9 Å². The summed E-state index contributed by atoms with van der Waals surface area (Å²) in [5.41, 5.74) is -2.43. The number of anilines is 2. The van der Waals surface area contributed by atoms with Gasteiger partial charge in [0.15, 0.2) is 0 Å². The van der Waals surface area contributed by atoms with Crippen molar-refractivity contribution in [2.24, 2.45) is 7.05 Å². The van der Waals surface area contributed by atoms with Gasteiger partial charge in [-0.05, 0) is 46.3 Å². The number of halogens is 7. The fourth-order valence-corrected chi connectivity index (χ4v) is 3.45. The van der Waals surface area contributed by atoms with Gasteiger partial charge in [-0.1, -0.05) is 12.1 Å². The Morgan fingerprint density at radius 2 is 1.55 bits per heavy atom. The summed E-state index contributed by atoms with van der Waals surface area (Å²) in [6.45, 7) is 0. The summed E-state index contributed by atoms with van der Waals surface area (Å²) in [5.74, 6) is 0. The zero-order chi connectivity index (χ0) is 23.0. The van der Waals surface area contributed by atoms with Crippen LogP contribution in [0.5, 0.6) is 0 Å². The first-order valence-electron chi connectivity index (χ1n) is 8.50. The standard InChI is InChI=1S/C19H13BrF6N4O/c1-30-16(15(20)9-27-30)10-3-2-4-11(7-10)28-17(31)29-12-5-6-13(18(21,22)23)14(8-12)19(24,25)26/h2-9H,1H3,(H2,28,29,31). The van der Waals surface area contributed by atoms with Crippen molar-refractivity contribution in [3.63, 3.8) is 0 Å². The normalized spacial score (nSPS) is 12.0. The maximum absolute atomic E-state index is 13.0. The number of hydrogen-bond acceptors (Lipinski definition) is 2. The van der Waals surface area contributed by atoms with Crippen LogP contribution in [0, 0.1) is 0 Å². The number of carbonyl (C=O) groups is 1. The summed E-state index contributed by atoms with van der Waals surface area (Å²) in [5, 5.41) is 8.64. The van der Waals surface area contributed by atoms with Crippen LogP contribution in [0.2, 0.25) is 0 Å². The Bertz CT molecular complexity index is 1100. The van der Waals surface area contributed by atoms with Crippen LogP contribution in [0.1, 0.15) is 11.1 Å². The molecule has 31 heavy (non-hydrogen) atoms. The van der Waals surface area contributed by atoms with Gasteiger partial charge in [-0.25, -0.2) is 4.79 Å². The average molecular weight is 507 g/mol. The number of rotatable bonds is 3. The van der Waals surface area contributed by atoms with E-state index in [-0.39, 0.29) is 12.1 Å². The summed E-state index contributed by atoms with van der Waals surface area (Å²) in [4.78, 5) is 12.2. The predicted molar refractivity (Wildman–Crippen MR) is 105 cm³/mol. The average Bonchev–Trinajstić information content (AvgIpc) is 2.98. The summed E-state index contributed by atoms with van der Waals surface area (Å²) < 4.78 is 80.0. The molecule has 0 saturated heterocycles. The number of nitrogens with zero attached hydrogens (tertiary/aromatic N) is 2. The number of aryl methyl sites for hydroxylation is 1. The van der Waals surface area contributed by atoms with Crippen LogP contribution in [0.15, 0.2) is 53.1 Å². The molecule has 0 aliphatic heterocycles. The van der Waals surface area contributed by atoms with E-state index in [1.165, 1.54) is 0 Å². The van der Waals surface area contributed by atoms with Crippen molar-refractivity contribution in [1.29, 1.82) is 0 Å². The van der Waals surface area contributed by atoms with Gasteiger partial charge in [-0.15, -0.1) is 0 Å². The van der Waals surface area contributed by atoms with Crippen LogP contribution in [0.25, 0.3) is 11.3 Å². The molecule has 12 heteroatoms. The van der Waals surface area contributed by atoms with Gasteiger partial charge in [0.25, 0.3) is 0 Å². The molecule has 0 radical (unpaired) electrons. The lowest BCUT2D eigenvalue weighted by Gasteiger charge is -2.17. The van der Waals surface area contributed by atoms with E-state index in [0.717, 1.165) is 11.8 Å². The molecule has 164 valence electrons. The SMILES string of the molecule is Cn1ncc(Br)c1-c1cccc(NC(=O)Nc2ccc(C(F)(F)F)c(C(F)(F)F)c2)c1. The van der Waals surface area contributed by atoms with E-state index in [9.17, 15) is 31.1 Å². The summed E-state index contributed by atoms with van der Waals surface area (Å²) in [6, 6.07) is 6.90. The lowest BCUT2D eigenvalue weighted by atomic mass is 10.1. The van der Waals surface area contributed by atoms with Gasteiger partial charge in [-0.2, -0.15) is 31.4 Å². The highest BCUT2D eigenvalue weighted by molar-refractivity contribution is 9.10. The van der Waals surface area contributed by atoms with Gasteiger partial charge >= 0.3 is 18.4 Å². The Kier molecular flexibility index (Phi) is 6.03. The summed E-state index contributed by atoms with van der Waals surface area (Å²) in [6.07, 6.45) is -8.85. The number of amides is 2. The highest BCUT2D eigenvalue weighted by Crippen LogP contribution is 2.41. The van der Waals surface area contributed by atoms with Crippen LogP contribution < -0.4 is 10.6 Å². The van der Waals surface area contributed by atoms with E-state index in [2.05, 4.69) is 31.7 Å². The Morgan fingerprint density at radius 3 is 2.10 bits per heavy atom. The van der Waals surface area contributed by atoms with Gasteiger partial charge < -0.3 is 10.6 Å². The van der Waals surface area contributed by atoms with Gasteiger partial charge in [0, 0.05) is 24.0 Å². The van der Waals surface area contributed by atoms with E-state index in [0.29, 0.717) is 15.7 Å². The van der Waals surface area contributed by atoms with Crippen molar-refractivity contribution in [3.05, 3.63) is 64.3 Å². The molecule has 0 unspecified atom stereocenters. The molecular weight excluding hydrogens is 494 g/mol. The largest absolute Gasteiger partial charge is 0.417 e. The predicted octanol–water partition coefficient (Wildman–Crippen LogP) is 6.53. The molecule has 0 bridgehead atoms. The second kappa shape index (κ2) is 8.25. The fourth-order valence-electron chi connectivity index (χ4n) is 2.88. The molecule has 5 nitrogen and oxygen atoms in total. The molecule has 0 aliphatic carbocycles. The van der Waals surface area contributed by atoms with Crippen molar-refractivity contribution in [3.8, 4) is 11.3 Å². The molecule has 3 aromatic rings. The Hall–Kier alpha value is -3.02. The maximum atomic E-state index is 13.0. The molecule has 0 fully saturated rings. The Balaban J connectivity index is 1.81. The lowest BCUT2D eigenvalue weighted by molar-refractivity contribution is -0.162. The molecule has 2 N–H and O–H groups in total. The first-order valence-corrected chi connectivity index (χ1v) is 9.30. The number of urea groups is 1. The smallest absolute Gasteiger partial charge is 0.308 e. The summed E-state index contributed by atoms with van der Waals surface area (Å²) in [7, 11) is 1.72. The fraction of sp³-hybridized carbons (Fsp3) is 0.158. The van der Waals surface area contributed by atoms with Crippen molar-refractivity contribution >= 4 is 33.3 Å². The van der Waals surface area contributed by atoms with Gasteiger partial charge in [0.1, 0.15) is 0 Å². The molecule has 2 amide bonds. The molecule has 0 spiro atoms. The highest BCUT2D eigenvalue weighted by atomic mass is 79.9. The number of nitrogens with one attached hydrogen (secondary N) is 2. The Morgan fingerprint density at radius 1 is 0.935 bits per heavy atom. The quantitative estimate of drug-likeness (QED) is 0.396. The minimum Gasteiger partial charge on any atom is -0.308 e. The van der Waals surface area contributed by atoms with Gasteiger partial charge in [0.2, 0.25) is 0 Å². The zero-order valence-corrected chi connectivity index (χ0v) is 17.2. The van der Waals surface area contributed by atoms with Crippen LogP contribution in [-0.2, 0) is 19.4 Å². The van der Waals surface area contributed by atoms with Crippen LogP contribution in [-0.4, -0.2) is 15.8 Å². The van der Waals surface area contributed by atoms with E-state index in [1.807, 2.05) is 0 Å². The molecule has 3 rings (SSSR count). The minimum absolute atomic E-state index is 0.242. The third-order valence-electron chi connectivity index (χ3n) is 4.18. The van der Waals surface area contributed by atoms with Crippen molar-refractivity contribution < 1.29 is 31.1 Å². The van der Waals surface area contributed by atoms with Crippen molar-refractivity contribution in [2.45, 2.75) is 12.4 Å². The number of carbonyl (C=O) groups excluding carboxylic acids is 1. The van der Waals surface area contributed by atoms with Crippen LogP contribution in [0.4, 0.5) is 42.5 Å². The lowest BCUT2D eigenvalue weighted by Crippen LogP contribution is -2.21. The third-order valence-corrected chi connectivity index (χ3v) is 4.76. The first kappa shape index (κ1) is 22.7. The minimum atomic E-state index is -5.25. The van der Waals surface area contributed by atoms with E-state index in [4.69, 9.17) is 0 Å². The molecule has 0 aliphatic rings. The number of aromatic nitrogens is 2. The van der Waals surface area contributed by atoms with Crippen molar-refractivity contribution in [1.82, 2.24) is 9.78 Å². The van der Waals surface area contributed by atoms with E-state index in [1.54, 1.807) is 42.2 Å². The Labute approximate surface area is 180 Å². The highest BCUT2D eigenvalue weighted by Gasteiger charge is 2.43. The molecule has 0 atom stereocenters. The molecular formula is C19H13BrF6N4O. The number of hydrogen-bond donors (Lipinski definition) is 2. The van der Waals surface area contributed by atoms with E-state index < -0.39 is 35.2 Å². The van der Waals surface area contributed by atoms with Gasteiger partial charge in [0.05, 0.1) is 27.5 Å². The molecule has 2 aromatic carbocycles. The maximum Gasteiger partial charge on any atom is 0.417 e. The number of benzene rings is 2. The zero-order valence-electron chi connectivity index (χ0n) is 15.6. The molecule has 1 heterocycles. The topological polar surface area (TPSA) is 59.0 Å². The van der Waals surface area contributed by atoms with E-state index >= 15 is 0 Å². The molecule has 0 saturated carbocycles. The first-order chi connectivity index (χ1) is 14.4. The monoisotopic (exact) mass is 506 g/mol. The third kappa shape index (κ3) is 5.19. The second-order valence-electron chi connectivity index (χ2n) is 6.38. The molecule has 1 aromatic heterocycles. The summed E-state index contributed by atoms with van der Waals surface area (Å²) >= 11 is 3.36. The van der Waals surface area contributed by atoms with Crippen molar-refractivity contribution in [2.75, 3.05) is 10.6 Å². The second-order valence-corrected chi connectivity index (χ2v) is 7.23. The number of alkyl halides is 6. The van der Waals surface area contributed by atoms with Crippen LogP contribution in [0.3, 0.4) is 0 Å².